The van der Waals surface area contributed by atoms with Crippen LogP contribution in [0.1, 0.15) is 41.7 Å². The number of carbonyl (C=O) groups excluding carboxylic acids is 3. The molecule has 2 amide bonds. The second kappa shape index (κ2) is 12.4. The fourth-order valence-electron chi connectivity index (χ4n) is 4.45. The van der Waals surface area contributed by atoms with Gasteiger partial charge in [-0.2, -0.15) is 0 Å². The van der Waals surface area contributed by atoms with Gasteiger partial charge in [-0.25, -0.2) is 9.37 Å². The topological polar surface area (TPSA) is 126 Å². The molecule has 0 saturated carbocycles. The normalized spacial score (nSPS) is 11.6. The van der Waals surface area contributed by atoms with E-state index >= 15 is 0 Å². The molecule has 0 saturated heterocycles. The Morgan fingerprint density at radius 3 is 2.45 bits per heavy atom. The SMILES string of the molecule is COC(=O)CCC(=O)Nc1cc(C(=O)N[C@H](C)c2ccc(F)cc2)cc(-c2cnc(-c3cc4ccccc4cn3)[nH]2)c1. The summed E-state index contributed by atoms with van der Waals surface area (Å²) in [7, 11) is 1.26. The van der Waals surface area contributed by atoms with Crippen molar-refractivity contribution in [3.8, 4) is 22.8 Å². The van der Waals surface area contributed by atoms with Crippen LogP contribution < -0.4 is 10.6 Å². The number of esters is 1. The number of aromatic nitrogens is 3. The molecule has 0 aliphatic rings. The summed E-state index contributed by atoms with van der Waals surface area (Å²) in [5, 5.41) is 7.71. The largest absolute Gasteiger partial charge is 0.469 e. The summed E-state index contributed by atoms with van der Waals surface area (Å²) in [6.07, 6.45) is 3.25. The number of anilines is 1. The number of pyridine rings is 1. The van der Waals surface area contributed by atoms with Gasteiger partial charge in [0.15, 0.2) is 5.82 Å². The molecule has 5 rings (SSSR count). The van der Waals surface area contributed by atoms with Crippen molar-refractivity contribution in [3.63, 3.8) is 0 Å². The van der Waals surface area contributed by atoms with Gasteiger partial charge in [-0.15, -0.1) is 0 Å². The monoisotopic (exact) mass is 565 g/mol. The van der Waals surface area contributed by atoms with Crippen molar-refractivity contribution < 1.29 is 23.5 Å². The number of aromatic amines is 1. The Hall–Kier alpha value is -5.38. The molecule has 0 radical (unpaired) electrons. The van der Waals surface area contributed by atoms with E-state index in [-0.39, 0.29) is 24.2 Å². The number of fused-ring (bicyclic) bond motifs is 1. The molecule has 212 valence electrons. The lowest BCUT2D eigenvalue weighted by Crippen LogP contribution is -2.27. The number of benzene rings is 3. The molecular formula is C32H28FN5O4. The fraction of sp³-hybridized carbons (Fsp3) is 0.156. The van der Waals surface area contributed by atoms with Crippen molar-refractivity contribution in [2.75, 3.05) is 12.4 Å². The third-order valence-corrected chi connectivity index (χ3v) is 6.74. The summed E-state index contributed by atoms with van der Waals surface area (Å²) in [6.45, 7) is 1.79. The minimum Gasteiger partial charge on any atom is -0.469 e. The van der Waals surface area contributed by atoms with Crippen molar-refractivity contribution in [1.29, 1.82) is 0 Å². The number of nitrogens with zero attached hydrogens (tertiary/aromatic N) is 2. The number of halogens is 1. The van der Waals surface area contributed by atoms with Crippen LogP contribution in [0.25, 0.3) is 33.5 Å². The standard InChI is InChI=1S/C32H28FN5O4/c1-19(20-7-9-25(33)10-8-20)36-32(41)24-13-23(14-26(15-24)37-29(39)11-12-30(40)42-2)28-18-35-31(38-28)27-16-21-5-3-4-6-22(21)17-34-27/h3-10,13-19H,11-12H2,1-2H3,(H,35,38)(H,36,41)(H,37,39)/t19-/m1/s1. The molecule has 0 spiro atoms. The van der Waals surface area contributed by atoms with Gasteiger partial charge in [0, 0.05) is 34.8 Å². The zero-order chi connectivity index (χ0) is 29.6. The highest BCUT2D eigenvalue weighted by molar-refractivity contribution is 5.99. The molecular weight excluding hydrogens is 537 g/mol. The first kappa shape index (κ1) is 28.2. The molecule has 0 fully saturated rings. The number of hydrogen-bond donors (Lipinski definition) is 3. The minimum atomic E-state index is -0.499. The van der Waals surface area contributed by atoms with E-state index in [1.165, 1.54) is 19.2 Å². The van der Waals surface area contributed by atoms with Crippen LogP contribution in [0, 0.1) is 5.82 Å². The van der Waals surface area contributed by atoms with Gasteiger partial charge in [0.25, 0.3) is 5.91 Å². The van der Waals surface area contributed by atoms with Crippen LogP contribution >= 0.6 is 0 Å². The third kappa shape index (κ3) is 6.67. The van der Waals surface area contributed by atoms with E-state index < -0.39 is 23.8 Å². The van der Waals surface area contributed by atoms with Crippen LogP contribution in [-0.2, 0) is 14.3 Å². The highest BCUT2D eigenvalue weighted by Gasteiger charge is 2.17. The van der Waals surface area contributed by atoms with Gasteiger partial charge in [-0.05, 0) is 54.3 Å². The van der Waals surface area contributed by atoms with Crippen molar-refractivity contribution in [2.24, 2.45) is 0 Å². The van der Waals surface area contributed by atoms with Gasteiger partial charge in [-0.1, -0.05) is 36.4 Å². The van der Waals surface area contributed by atoms with E-state index in [9.17, 15) is 18.8 Å². The summed E-state index contributed by atoms with van der Waals surface area (Å²) in [5.41, 5.74) is 3.23. The zero-order valence-electron chi connectivity index (χ0n) is 23.0. The lowest BCUT2D eigenvalue weighted by Gasteiger charge is -2.16. The van der Waals surface area contributed by atoms with Gasteiger partial charge in [0.2, 0.25) is 5.91 Å². The molecule has 0 aliphatic carbocycles. The predicted molar refractivity (Wildman–Crippen MR) is 157 cm³/mol. The molecule has 1 atom stereocenters. The quantitative estimate of drug-likeness (QED) is 0.194. The van der Waals surface area contributed by atoms with E-state index in [0.717, 1.165) is 16.3 Å². The Bertz CT molecular complexity index is 1770. The number of imidazole rings is 1. The molecule has 0 aliphatic heterocycles. The first-order valence-corrected chi connectivity index (χ1v) is 13.3. The molecule has 3 N–H and O–H groups in total. The maximum Gasteiger partial charge on any atom is 0.306 e. The fourth-order valence-corrected chi connectivity index (χ4v) is 4.45. The lowest BCUT2D eigenvalue weighted by atomic mass is 10.0. The average Bonchev–Trinajstić information content (AvgIpc) is 3.50. The first-order valence-electron chi connectivity index (χ1n) is 13.3. The number of rotatable bonds is 9. The van der Waals surface area contributed by atoms with E-state index in [4.69, 9.17) is 0 Å². The van der Waals surface area contributed by atoms with Crippen LogP contribution in [0.5, 0.6) is 0 Å². The highest BCUT2D eigenvalue weighted by atomic mass is 19.1. The van der Waals surface area contributed by atoms with Crippen LogP contribution in [0.4, 0.5) is 10.1 Å². The van der Waals surface area contributed by atoms with E-state index in [1.807, 2.05) is 30.3 Å². The van der Waals surface area contributed by atoms with E-state index in [0.29, 0.717) is 28.5 Å². The number of nitrogens with one attached hydrogen (secondary N) is 3. The molecule has 0 bridgehead atoms. The van der Waals surface area contributed by atoms with E-state index in [2.05, 4.69) is 30.3 Å². The summed E-state index contributed by atoms with van der Waals surface area (Å²) in [6, 6.07) is 20.2. The molecule has 3 aromatic carbocycles. The summed E-state index contributed by atoms with van der Waals surface area (Å²) >= 11 is 0. The second-order valence-electron chi connectivity index (χ2n) is 9.73. The number of carbonyl (C=O) groups is 3. The number of ether oxygens (including phenoxy) is 1. The molecule has 9 nitrogen and oxygen atoms in total. The Balaban J connectivity index is 1.44. The second-order valence-corrected chi connectivity index (χ2v) is 9.73. The molecule has 5 aromatic rings. The summed E-state index contributed by atoms with van der Waals surface area (Å²) in [4.78, 5) is 49.7. The number of H-pyrrole nitrogens is 1. The molecule has 2 aromatic heterocycles. The number of methoxy groups -OCH3 is 1. The first-order chi connectivity index (χ1) is 20.3. The van der Waals surface area contributed by atoms with Crippen molar-refractivity contribution in [1.82, 2.24) is 20.3 Å². The average molecular weight is 566 g/mol. The van der Waals surface area contributed by atoms with Gasteiger partial charge in [0.1, 0.15) is 11.5 Å². The number of amides is 2. The Morgan fingerprint density at radius 2 is 1.69 bits per heavy atom. The Labute approximate surface area is 241 Å². The van der Waals surface area contributed by atoms with Gasteiger partial charge in [-0.3, -0.25) is 19.4 Å². The minimum absolute atomic E-state index is 0.0762. The van der Waals surface area contributed by atoms with Crippen molar-refractivity contribution in [3.05, 3.63) is 102 Å². The van der Waals surface area contributed by atoms with Crippen LogP contribution in [0.2, 0.25) is 0 Å². The summed E-state index contributed by atoms with van der Waals surface area (Å²) in [5.74, 6) is -1.13. The molecule has 0 unspecified atom stereocenters. The Morgan fingerprint density at radius 1 is 0.929 bits per heavy atom. The smallest absolute Gasteiger partial charge is 0.306 e. The molecule has 10 heteroatoms. The van der Waals surface area contributed by atoms with Crippen molar-refractivity contribution >= 4 is 34.2 Å². The highest BCUT2D eigenvalue weighted by Crippen LogP contribution is 2.27. The zero-order valence-corrected chi connectivity index (χ0v) is 23.0. The van der Waals surface area contributed by atoms with Crippen LogP contribution in [0.3, 0.4) is 0 Å². The predicted octanol–water partition coefficient (Wildman–Crippen LogP) is 5.81. The lowest BCUT2D eigenvalue weighted by molar-refractivity contribution is -0.141. The van der Waals surface area contributed by atoms with Crippen LogP contribution in [0.15, 0.2) is 85.2 Å². The molecule has 42 heavy (non-hydrogen) atoms. The van der Waals surface area contributed by atoms with Gasteiger partial charge in [0.05, 0.1) is 31.5 Å². The molecule has 2 heterocycles. The maximum absolute atomic E-state index is 13.4. The van der Waals surface area contributed by atoms with Crippen LogP contribution in [-0.4, -0.2) is 39.8 Å². The summed E-state index contributed by atoms with van der Waals surface area (Å²) < 4.78 is 18.0. The Kier molecular flexibility index (Phi) is 8.33. The third-order valence-electron chi connectivity index (χ3n) is 6.74. The van der Waals surface area contributed by atoms with E-state index in [1.54, 1.807) is 49.6 Å². The van der Waals surface area contributed by atoms with Crippen molar-refractivity contribution in [2.45, 2.75) is 25.8 Å². The van der Waals surface area contributed by atoms with Gasteiger partial charge >= 0.3 is 5.97 Å². The van der Waals surface area contributed by atoms with Gasteiger partial charge < -0.3 is 20.4 Å². The maximum atomic E-state index is 13.4. The number of hydrogen-bond acceptors (Lipinski definition) is 6.